The van der Waals surface area contributed by atoms with Gasteiger partial charge in [0.2, 0.25) is 21.1 Å². The molecule has 2 heterocycles. The first kappa shape index (κ1) is 21.5. The second-order valence-corrected chi connectivity index (χ2v) is 10.4. The highest BCUT2D eigenvalue weighted by Gasteiger charge is 2.26. The molecule has 0 fully saturated rings. The first-order valence-electron chi connectivity index (χ1n) is 9.83. The average molecular weight is 458 g/mol. The fraction of sp³-hybridized carbons (Fsp3) is 0.286. The van der Waals surface area contributed by atoms with Crippen LogP contribution in [0.3, 0.4) is 0 Å². The Morgan fingerprint density at radius 1 is 1.19 bits per heavy atom. The molecule has 31 heavy (non-hydrogen) atoms. The van der Waals surface area contributed by atoms with Crippen molar-refractivity contribution >= 4 is 33.4 Å². The lowest BCUT2D eigenvalue weighted by Gasteiger charge is -2.30. The highest BCUT2D eigenvalue weighted by atomic mass is 32.2. The van der Waals surface area contributed by atoms with Crippen LogP contribution in [0.1, 0.15) is 12.0 Å². The second kappa shape index (κ2) is 8.81. The molecule has 1 aromatic heterocycles. The van der Waals surface area contributed by atoms with Crippen molar-refractivity contribution in [3.05, 3.63) is 54.1 Å². The SMILES string of the molecule is CN(C)S(=O)(=O)c1ccc2c(c1)CCCN2C(=O)CSc1n[nH]c(-c2ccccc2)n1. The van der Waals surface area contributed by atoms with Crippen molar-refractivity contribution in [2.24, 2.45) is 0 Å². The molecule has 0 saturated heterocycles. The lowest BCUT2D eigenvalue weighted by Crippen LogP contribution is -2.37. The van der Waals surface area contributed by atoms with E-state index in [0.717, 1.165) is 29.7 Å². The number of H-pyrrole nitrogens is 1. The van der Waals surface area contributed by atoms with Crippen LogP contribution >= 0.6 is 11.8 Å². The molecule has 1 amide bonds. The van der Waals surface area contributed by atoms with Crippen LogP contribution in [0.15, 0.2) is 58.6 Å². The number of thioether (sulfide) groups is 1. The van der Waals surface area contributed by atoms with E-state index in [1.807, 2.05) is 30.3 Å². The molecule has 1 N–H and O–H groups in total. The molecule has 0 unspecified atom stereocenters. The van der Waals surface area contributed by atoms with Crippen LogP contribution in [0.4, 0.5) is 5.69 Å². The van der Waals surface area contributed by atoms with Gasteiger partial charge in [0.1, 0.15) is 0 Å². The highest BCUT2D eigenvalue weighted by molar-refractivity contribution is 7.99. The number of anilines is 1. The van der Waals surface area contributed by atoms with Crippen molar-refractivity contribution in [2.45, 2.75) is 22.9 Å². The minimum Gasteiger partial charge on any atom is -0.311 e. The summed E-state index contributed by atoms with van der Waals surface area (Å²) < 4.78 is 26.0. The van der Waals surface area contributed by atoms with Crippen molar-refractivity contribution in [3.8, 4) is 11.4 Å². The molecule has 0 atom stereocenters. The van der Waals surface area contributed by atoms with Crippen molar-refractivity contribution in [3.63, 3.8) is 0 Å². The summed E-state index contributed by atoms with van der Waals surface area (Å²) >= 11 is 1.28. The maximum absolute atomic E-state index is 12.9. The molecule has 2 aromatic carbocycles. The molecule has 8 nitrogen and oxygen atoms in total. The molecular weight excluding hydrogens is 434 g/mol. The van der Waals surface area contributed by atoms with Gasteiger partial charge in [-0.3, -0.25) is 9.89 Å². The summed E-state index contributed by atoms with van der Waals surface area (Å²) in [6.45, 7) is 0.607. The molecule has 0 bridgehead atoms. The molecule has 4 rings (SSSR count). The zero-order valence-electron chi connectivity index (χ0n) is 17.3. The van der Waals surface area contributed by atoms with Gasteiger partial charge in [-0.15, -0.1) is 5.10 Å². The fourth-order valence-corrected chi connectivity index (χ4v) is 5.07. The first-order chi connectivity index (χ1) is 14.9. The van der Waals surface area contributed by atoms with Crippen LogP contribution in [0.2, 0.25) is 0 Å². The molecule has 3 aromatic rings. The standard InChI is InChI=1S/C21H23N5O3S2/c1-25(2)31(28,29)17-10-11-18-16(13-17)9-6-12-26(18)19(27)14-30-21-22-20(23-24-21)15-7-4-3-5-8-15/h3-5,7-8,10-11,13H,6,9,12,14H2,1-2H3,(H,22,23,24). The number of carbonyl (C=O) groups excluding carboxylic acids is 1. The van der Waals surface area contributed by atoms with Crippen molar-refractivity contribution in [1.82, 2.24) is 19.5 Å². The number of sulfonamides is 1. The van der Waals surface area contributed by atoms with Gasteiger partial charge < -0.3 is 4.90 Å². The summed E-state index contributed by atoms with van der Waals surface area (Å²) in [5.41, 5.74) is 2.58. The number of aromatic nitrogens is 3. The normalized spacial score (nSPS) is 14.0. The Kier molecular flexibility index (Phi) is 6.12. The number of aromatic amines is 1. The minimum atomic E-state index is -3.51. The molecule has 10 heteroatoms. The minimum absolute atomic E-state index is 0.0553. The van der Waals surface area contributed by atoms with Crippen molar-refractivity contribution in [2.75, 3.05) is 31.3 Å². The quantitative estimate of drug-likeness (QED) is 0.572. The summed E-state index contributed by atoms with van der Waals surface area (Å²) in [4.78, 5) is 19.3. The third kappa shape index (κ3) is 4.51. The maximum Gasteiger partial charge on any atom is 0.242 e. The molecule has 0 aliphatic carbocycles. The molecule has 162 valence electrons. The van der Waals surface area contributed by atoms with Crippen LogP contribution < -0.4 is 4.90 Å². The number of benzene rings is 2. The van der Waals surface area contributed by atoms with Crippen LogP contribution in [0, 0.1) is 0 Å². The van der Waals surface area contributed by atoms with E-state index in [9.17, 15) is 13.2 Å². The predicted octanol–water partition coefficient (Wildman–Crippen LogP) is 2.79. The van der Waals surface area contributed by atoms with Gasteiger partial charge in [-0.2, -0.15) is 0 Å². The third-order valence-corrected chi connectivity index (χ3v) is 7.73. The average Bonchev–Trinajstić information content (AvgIpc) is 3.26. The monoisotopic (exact) mass is 457 g/mol. The zero-order chi connectivity index (χ0) is 22.0. The summed E-state index contributed by atoms with van der Waals surface area (Å²) in [5.74, 6) is 0.803. The molecule has 1 aliphatic rings. The number of aryl methyl sites for hydroxylation is 1. The van der Waals surface area contributed by atoms with Crippen LogP contribution in [-0.4, -0.2) is 60.2 Å². The van der Waals surface area contributed by atoms with Crippen LogP contribution in [-0.2, 0) is 21.2 Å². The van der Waals surface area contributed by atoms with E-state index in [-0.39, 0.29) is 16.6 Å². The Morgan fingerprint density at radius 2 is 1.97 bits per heavy atom. The van der Waals surface area contributed by atoms with Crippen molar-refractivity contribution < 1.29 is 13.2 Å². The Hall–Kier alpha value is -2.69. The van der Waals surface area contributed by atoms with E-state index in [1.54, 1.807) is 23.1 Å². The molecular formula is C21H23N5O3S2. The summed E-state index contributed by atoms with van der Waals surface area (Å²) in [6, 6.07) is 14.6. The van der Waals surface area contributed by atoms with Gasteiger partial charge in [0, 0.05) is 31.9 Å². The number of fused-ring (bicyclic) bond motifs is 1. The van der Waals surface area contributed by atoms with Gasteiger partial charge in [-0.25, -0.2) is 17.7 Å². The third-order valence-electron chi connectivity index (χ3n) is 5.09. The topological polar surface area (TPSA) is 99.3 Å². The number of carbonyl (C=O) groups is 1. The number of hydrogen-bond acceptors (Lipinski definition) is 6. The van der Waals surface area contributed by atoms with Gasteiger partial charge >= 0.3 is 0 Å². The number of hydrogen-bond donors (Lipinski definition) is 1. The number of nitrogens with one attached hydrogen (secondary N) is 1. The van der Waals surface area contributed by atoms with Crippen molar-refractivity contribution in [1.29, 1.82) is 0 Å². The number of nitrogens with zero attached hydrogens (tertiary/aromatic N) is 4. The lowest BCUT2D eigenvalue weighted by molar-refractivity contribution is -0.116. The molecule has 1 aliphatic heterocycles. The fourth-order valence-electron chi connectivity index (χ4n) is 3.44. The lowest BCUT2D eigenvalue weighted by atomic mass is 10.0. The van der Waals surface area contributed by atoms with E-state index in [2.05, 4.69) is 15.2 Å². The molecule has 0 radical (unpaired) electrons. The van der Waals surface area contributed by atoms with Gasteiger partial charge in [-0.1, -0.05) is 42.1 Å². The Labute approximate surface area is 185 Å². The van der Waals surface area contributed by atoms with Gasteiger partial charge in [-0.05, 0) is 36.6 Å². The van der Waals surface area contributed by atoms with E-state index >= 15 is 0 Å². The van der Waals surface area contributed by atoms with E-state index in [0.29, 0.717) is 17.5 Å². The van der Waals surface area contributed by atoms with Gasteiger partial charge in [0.15, 0.2) is 5.82 Å². The number of amides is 1. The second-order valence-electron chi connectivity index (χ2n) is 7.35. The van der Waals surface area contributed by atoms with E-state index in [4.69, 9.17) is 0 Å². The summed E-state index contributed by atoms with van der Waals surface area (Å²) in [6.07, 6.45) is 1.53. The van der Waals surface area contributed by atoms with Crippen LogP contribution in [0.25, 0.3) is 11.4 Å². The smallest absolute Gasteiger partial charge is 0.242 e. The maximum atomic E-state index is 12.9. The Morgan fingerprint density at radius 3 is 2.71 bits per heavy atom. The van der Waals surface area contributed by atoms with E-state index in [1.165, 1.54) is 30.2 Å². The highest BCUT2D eigenvalue weighted by Crippen LogP contribution is 2.31. The zero-order valence-corrected chi connectivity index (χ0v) is 18.9. The predicted molar refractivity (Wildman–Crippen MR) is 121 cm³/mol. The number of rotatable bonds is 6. The van der Waals surface area contributed by atoms with Gasteiger partial charge in [0.25, 0.3) is 0 Å². The summed E-state index contributed by atoms with van der Waals surface area (Å²) in [7, 11) is -0.493. The molecule has 0 spiro atoms. The van der Waals surface area contributed by atoms with Crippen LogP contribution in [0.5, 0.6) is 0 Å². The van der Waals surface area contributed by atoms with E-state index < -0.39 is 10.0 Å². The summed E-state index contributed by atoms with van der Waals surface area (Å²) in [5, 5.41) is 7.61. The van der Waals surface area contributed by atoms with Gasteiger partial charge in [0.05, 0.1) is 10.6 Å². The Balaban J connectivity index is 1.47. The first-order valence-corrected chi connectivity index (χ1v) is 12.3. The molecule has 0 saturated carbocycles. The Bertz CT molecular complexity index is 1190. The largest absolute Gasteiger partial charge is 0.311 e.